The Morgan fingerprint density at radius 2 is 1.78 bits per heavy atom. The van der Waals surface area contributed by atoms with Gasteiger partial charge in [-0.05, 0) is 80.7 Å². The highest BCUT2D eigenvalue weighted by atomic mass is 32.1. The number of amides is 3. The van der Waals surface area contributed by atoms with E-state index in [1.165, 1.54) is 25.3 Å². The summed E-state index contributed by atoms with van der Waals surface area (Å²) in [5.74, 6) is -1.26. The third-order valence-corrected chi connectivity index (χ3v) is 8.73. The number of hydrogen-bond acceptors (Lipinski definition) is 9. The Balaban J connectivity index is 1.81. The first-order chi connectivity index (χ1) is 21.3. The normalized spacial score (nSPS) is 13.9. The van der Waals surface area contributed by atoms with Crippen molar-refractivity contribution in [3.05, 3.63) is 68.7 Å². The molecule has 0 fully saturated rings. The van der Waals surface area contributed by atoms with Gasteiger partial charge in [-0.15, -0.1) is 5.10 Å². The fourth-order valence-corrected chi connectivity index (χ4v) is 5.67. The van der Waals surface area contributed by atoms with Gasteiger partial charge in [-0.2, -0.15) is 11.3 Å². The zero-order chi connectivity index (χ0) is 33.3. The number of hydrogen-bond donors (Lipinski definition) is 4. The minimum atomic E-state index is -1.14. The van der Waals surface area contributed by atoms with Crippen LogP contribution in [-0.2, 0) is 15.1 Å². The molecule has 3 rings (SSSR count). The van der Waals surface area contributed by atoms with Crippen LogP contribution in [0.15, 0.2) is 35.2 Å². The van der Waals surface area contributed by atoms with Crippen molar-refractivity contribution in [2.45, 2.75) is 78.5 Å². The van der Waals surface area contributed by atoms with Crippen molar-refractivity contribution in [1.82, 2.24) is 30.9 Å². The molecule has 244 valence electrons. The number of aryl methyl sites for hydroxylation is 2. The number of unbranched alkanes of at least 4 members (excludes halogenated alkanes) is 1. The SMILES string of the molecule is CNC(=O)c1cc(C)c(C(=O)OCC(O)C(CCCCNC(C)=O)n2cc([C@@](C)(NC(=O)c3ccsc3)C(C)C)nn2)c(C)c1. The molecular weight excluding hydrogens is 596 g/mol. The molecule has 3 aromatic rings. The number of aliphatic hydroxyl groups is 1. The predicted octanol–water partition coefficient (Wildman–Crippen LogP) is 3.68. The van der Waals surface area contributed by atoms with E-state index in [1.54, 1.807) is 48.3 Å². The van der Waals surface area contributed by atoms with E-state index < -0.39 is 23.7 Å². The summed E-state index contributed by atoms with van der Waals surface area (Å²) in [7, 11) is 1.54. The maximum absolute atomic E-state index is 13.1. The summed E-state index contributed by atoms with van der Waals surface area (Å²) in [4.78, 5) is 49.5. The summed E-state index contributed by atoms with van der Waals surface area (Å²) >= 11 is 1.44. The molecule has 2 unspecified atom stereocenters. The van der Waals surface area contributed by atoms with E-state index >= 15 is 0 Å². The van der Waals surface area contributed by atoms with Crippen LogP contribution in [0, 0.1) is 19.8 Å². The molecule has 4 N–H and O–H groups in total. The van der Waals surface area contributed by atoms with Gasteiger partial charge < -0.3 is 25.8 Å². The maximum atomic E-state index is 13.1. The van der Waals surface area contributed by atoms with Crippen molar-refractivity contribution in [3.63, 3.8) is 0 Å². The van der Waals surface area contributed by atoms with E-state index in [-0.39, 0.29) is 30.2 Å². The lowest BCUT2D eigenvalue weighted by molar-refractivity contribution is -0.118. The summed E-state index contributed by atoms with van der Waals surface area (Å²) in [5, 5.41) is 32.1. The largest absolute Gasteiger partial charge is 0.459 e. The van der Waals surface area contributed by atoms with Gasteiger partial charge in [0, 0.05) is 31.5 Å². The van der Waals surface area contributed by atoms with Crippen LogP contribution in [0.5, 0.6) is 0 Å². The van der Waals surface area contributed by atoms with E-state index in [9.17, 15) is 24.3 Å². The number of esters is 1. The number of thiophene rings is 1. The second kappa shape index (κ2) is 15.8. The standard InChI is InChI=1S/C32H44N6O6S/c1-19(2)32(6,35-30(42)23-11-13-45-18-23)27-16-38(37-36-27)25(10-8-9-12-34-22(5)39)26(40)17-44-31(43)28-20(3)14-24(15-21(28)4)29(41)33-7/h11,13-16,18-19,25-26,40H,8-10,12,17H2,1-7H3,(H,33,41)(H,34,39)(H,35,42)/t25?,26?,32-/m0/s1. The lowest BCUT2D eigenvalue weighted by Crippen LogP contribution is -2.47. The number of rotatable bonds is 15. The molecule has 45 heavy (non-hydrogen) atoms. The lowest BCUT2D eigenvalue weighted by atomic mass is 9.85. The minimum absolute atomic E-state index is 0.0477. The molecule has 0 aliphatic heterocycles. The topological polar surface area (TPSA) is 165 Å². The van der Waals surface area contributed by atoms with Gasteiger partial charge in [-0.1, -0.05) is 19.1 Å². The number of nitrogens with zero attached hydrogens (tertiary/aromatic N) is 3. The molecule has 3 amide bonds. The Morgan fingerprint density at radius 3 is 2.36 bits per heavy atom. The zero-order valence-electron chi connectivity index (χ0n) is 27.0. The van der Waals surface area contributed by atoms with Gasteiger partial charge in [0.15, 0.2) is 0 Å². The zero-order valence-corrected chi connectivity index (χ0v) is 27.8. The number of nitrogens with one attached hydrogen (secondary N) is 3. The van der Waals surface area contributed by atoms with Crippen LogP contribution in [-0.4, -0.2) is 70.1 Å². The summed E-state index contributed by atoms with van der Waals surface area (Å²) in [5.41, 5.74) is 2.16. The second-order valence-electron chi connectivity index (χ2n) is 11.7. The molecule has 2 aromatic heterocycles. The van der Waals surface area contributed by atoms with Crippen molar-refractivity contribution in [2.24, 2.45) is 5.92 Å². The quantitative estimate of drug-likeness (QED) is 0.144. The molecule has 0 saturated heterocycles. The van der Waals surface area contributed by atoms with Crippen molar-refractivity contribution in [2.75, 3.05) is 20.2 Å². The minimum Gasteiger partial charge on any atom is -0.459 e. The van der Waals surface area contributed by atoms with Crippen molar-refractivity contribution in [1.29, 1.82) is 0 Å². The molecule has 0 aliphatic carbocycles. The maximum Gasteiger partial charge on any atom is 0.338 e. The van der Waals surface area contributed by atoms with Crippen molar-refractivity contribution in [3.8, 4) is 0 Å². The first kappa shape index (κ1) is 35.4. The second-order valence-corrected chi connectivity index (χ2v) is 12.5. The van der Waals surface area contributed by atoms with Crippen LogP contribution < -0.4 is 16.0 Å². The first-order valence-corrected chi connectivity index (χ1v) is 15.9. The molecule has 3 atom stereocenters. The Morgan fingerprint density at radius 1 is 1.09 bits per heavy atom. The smallest absolute Gasteiger partial charge is 0.338 e. The summed E-state index contributed by atoms with van der Waals surface area (Å²) in [6, 6.07) is 4.39. The highest BCUT2D eigenvalue weighted by Crippen LogP contribution is 2.30. The van der Waals surface area contributed by atoms with E-state index in [4.69, 9.17) is 4.74 Å². The molecule has 12 nitrogen and oxygen atoms in total. The summed E-state index contributed by atoms with van der Waals surface area (Å²) < 4.78 is 7.14. The van der Waals surface area contributed by atoms with Gasteiger partial charge in [0.1, 0.15) is 18.4 Å². The third-order valence-electron chi connectivity index (χ3n) is 8.05. The molecule has 0 radical (unpaired) electrons. The fraction of sp³-hybridized carbons (Fsp3) is 0.500. The average molecular weight is 641 g/mol. The number of ether oxygens (including phenoxy) is 1. The lowest BCUT2D eigenvalue weighted by Gasteiger charge is -2.33. The number of carbonyl (C=O) groups is 4. The molecule has 0 saturated carbocycles. The van der Waals surface area contributed by atoms with Gasteiger partial charge in [-0.25, -0.2) is 9.48 Å². The van der Waals surface area contributed by atoms with Gasteiger partial charge in [0.25, 0.3) is 11.8 Å². The molecule has 0 spiro atoms. The van der Waals surface area contributed by atoms with Crippen LogP contribution in [0.2, 0.25) is 0 Å². The van der Waals surface area contributed by atoms with Crippen molar-refractivity contribution >= 4 is 35.0 Å². The van der Waals surface area contributed by atoms with Gasteiger partial charge in [0.2, 0.25) is 5.91 Å². The van der Waals surface area contributed by atoms with E-state index in [2.05, 4.69) is 26.3 Å². The third kappa shape index (κ3) is 8.98. The monoisotopic (exact) mass is 640 g/mol. The van der Waals surface area contributed by atoms with Crippen LogP contribution in [0.3, 0.4) is 0 Å². The van der Waals surface area contributed by atoms with Crippen molar-refractivity contribution < 1.29 is 29.0 Å². The Kier molecular flexibility index (Phi) is 12.4. The van der Waals surface area contributed by atoms with Crippen LogP contribution in [0.4, 0.5) is 0 Å². The molecular formula is C32H44N6O6S. The Hall–Kier alpha value is -4.10. The molecule has 0 aliphatic rings. The fourth-order valence-electron chi connectivity index (χ4n) is 5.03. The highest BCUT2D eigenvalue weighted by molar-refractivity contribution is 7.08. The average Bonchev–Trinajstić information content (AvgIpc) is 3.70. The van der Waals surface area contributed by atoms with Gasteiger partial charge in [-0.3, -0.25) is 14.4 Å². The van der Waals surface area contributed by atoms with Crippen LogP contribution >= 0.6 is 11.3 Å². The molecule has 0 bridgehead atoms. The van der Waals surface area contributed by atoms with Crippen LogP contribution in [0.1, 0.15) is 101 Å². The number of carbonyl (C=O) groups excluding carboxylic acids is 4. The van der Waals surface area contributed by atoms with Gasteiger partial charge in [0.05, 0.1) is 28.9 Å². The Labute approximate surface area is 267 Å². The molecule has 1 aromatic carbocycles. The predicted molar refractivity (Wildman–Crippen MR) is 171 cm³/mol. The van der Waals surface area contributed by atoms with Gasteiger partial charge >= 0.3 is 5.97 Å². The summed E-state index contributed by atoms with van der Waals surface area (Å²) in [6.45, 7) is 10.9. The first-order valence-electron chi connectivity index (χ1n) is 15.0. The van der Waals surface area contributed by atoms with E-state index in [0.29, 0.717) is 59.3 Å². The molecule has 13 heteroatoms. The highest BCUT2D eigenvalue weighted by Gasteiger charge is 2.36. The Bertz CT molecular complexity index is 1460. The van der Waals surface area contributed by atoms with E-state index in [0.717, 1.165) is 0 Å². The number of benzene rings is 1. The summed E-state index contributed by atoms with van der Waals surface area (Å²) in [6.07, 6.45) is 2.34. The number of aromatic nitrogens is 3. The van der Waals surface area contributed by atoms with E-state index in [1.807, 2.05) is 26.2 Å². The molecule has 2 heterocycles. The number of aliphatic hydroxyl groups excluding tert-OH is 1. The van der Waals surface area contributed by atoms with Crippen LogP contribution in [0.25, 0.3) is 0 Å².